The van der Waals surface area contributed by atoms with Crippen LogP contribution in [-0.4, -0.2) is 49.2 Å². The Bertz CT molecular complexity index is 306. The smallest absolute Gasteiger partial charge is 0.220 e. The van der Waals surface area contributed by atoms with Crippen molar-refractivity contribution in [1.82, 2.24) is 10.2 Å². The Morgan fingerprint density at radius 3 is 2.29 bits per heavy atom. The van der Waals surface area contributed by atoms with E-state index in [9.17, 15) is 4.79 Å². The average molecular weight is 341 g/mol. The van der Waals surface area contributed by atoms with Gasteiger partial charge in [-0.2, -0.15) is 0 Å². The average Bonchev–Trinajstić information content (AvgIpc) is 2.57. The van der Waals surface area contributed by atoms with Crippen LogP contribution in [0.2, 0.25) is 0 Å². The van der Waals surface area contributed by atoms with E-state index in [4.69, 9.17) is 5.11 Å². The molecule has 0 heterocycles. The molecule has 0 radical (unpaired) electrons. The summed E-state index contributed by atoms with van der Waals surface area (Å²) in [4.78, 5) is 14.0. The van der Waals surface area contributed by atoms with Gasteiger partial charge in [0, 0.05) is 26.1 Å². The Morgan fingerprint density at radius 1 is 0.958 bits per heavy atom. The number of hydrogen-bond acceptors (Lipinski definition) is 3. The molecule has 0 saturated heterocycles. The quantitative estimate of drug-likeness (QED) is 0.312. The van der Waals surface area contributed by atoms with Gasteiger partial charge < -0.3 is 15.3 Å². The number of aliphatic hydroxyl groups is 1. The van der Waals surface area contributed by atoms with Gasteiger partial charge in [-0.25, -0.2) is 0 Å². The highest BCUT2D eigenvalue weighted by molar-refractivity contribution is 5.75. The van der Waals surface area contributed by atoms with Gasteiger partial charge in [0.15, 0.2) is 0 Å². The highest BCUT2D eigenvalue weighted by Crippen LogP contribution is 2.07. The Balaban J connectivity index is 3.34. The van der Waals surface area contributed by atoms with Crippen LogP contribution in [0, 0.1) is 0 Å². The van der Waals surface area contributed by atoms with Gasteiger partial charge in [0.25, 0.3) is 0 Å². The third kappa shape index (κ3) is 17.5. The van der Waals surface area contributed by atoms with Crippen LogP contribution in [-0.2, 0) is 4.79 Å². The molecular formula is C20H40N2O2. The van der Waals surface area contributed by atoms with E-state index in [2.05, 4.69) is 36.3 Å². The van der Waals surface area contributed by atoms with Crippen molar-refractivity contribution in [3.8, 4) is 0 Å². The number of carbonyl (C=O) groups is 1. The molecule has 24 heavy (non-hydrogen) atoms. The van der Waals surface area contributed by atoms with Crippen LogP contribution >= 0.6 is 0 Å². The van der Waals surface area contributed by atoms with E-state index in [0.29, 0.717) is 13.0 Å². The fourth-order valence-corrected chi connectivity index (χ4v) is 2.63. The molecule has 4 heteroatoms. The number of likely N-dealkylation sites (N-methyl/N-ethyl adjacent to an activating group) is 1. The number of nitrogens with zero attached hydrogens (tertiary/aromatic N) is 1. The third-order valence-corrected chi connectivity index (χ3v) is 4.19. The molecule has 0 aromatic rings. The van der Waals surface area contributed by atoms with E-state index in [1.165, 1.54) is 32.1 Å². The third-order valence-electron chi connectivity index (χ3n) is 4.19. The summed E-state index contributed by atoms with van der Waals surface area (Å²) in [6.07, 6.45) is 16.4. The standard InChI is InChI=1S/C20H40N2O2/c1-3-4-5-9-12-15-20(24)21-16-18-22(2)17-13-10-7-6-8-11-14-19-23/h4-5,23H,3,6-19H2,1-2H3,(H,21,24)/b5-4+. The minimum atomic E-state index is 0.177. The molecule has 0 rings (SSSR count). The normalized spacial score (nSPS) is 11.5. The van der Waals surface area contributed by atoms with E-state index in [-0.39, 0.29) is 5.91 Å². The molecule has 1 amide bonds. The summed E-state index contributed by atoms with van der Waals surface area (Å²) in [5, 5.41) is 11.7. The van der Waals surface area contributed by atoms with Crippen molar-refractivity contribution >= 4 is 5.91 Å². The van der Waals surface area contributed by atoms with Gasteiger partial charge >= 0.3 is 0 Å². The van der Waals surface area contributed by atoms with E-state index >= 15 is 0 Å². The zero-order chi connectivity index (χ0) is 17.9. The van der Waals surface area contributed by atoms with E-state index in [0.717, 1.165) is 51.7 Å². The van der Waals surface area contributed by atoms with Crippen LogP contribution in [0.3, 0.4) is 0 Å². The molecule has 4 nitrogen and oxygen atoms in total. The molecule has 0 bridgehead atoms. The van der Waals surface area contributed by atoms with Crippen molar-refractivity contribution in [2.45, 2.75) is 77.6 Å². The van der Waals surface area contributed by atoms with Gasteiger partial charge in [0.05, 0.1) is 0 Å². The molecule has 0 aliphatic rings. The molecule has 0 aromatic carbocycles. The summed E-state index contributed by atoms with van der Waals surface area (Å²) >= 11 is 0. The lowest BCUT2D eigenvalue weighted by Crippen LogP contribution is -2.33. The van der Waals surface area contributed by atoms with Crippen LogP contribution in [0.25, 0.3) is 0 Å². The first kappa shape index (κ1) is 23.1. The first-order chi connectivity index (χ1) is 11.7. The predicted octanol–water partition coefficient (Wildman–Crippen LogP) is 3.89. The van der Waals surface area contributed by atoms with E-state index in [1.807, 2.05) is 0 Å². The fourth-order valence-electron chi connectivity index (χ4n) is 2.63. The van der Waals surface area contributed by atoms with Crippen molar-refractivity contribution in [2.24, 2.45) is 0 Å². The van der Waals surface area contributed by atoms with E-state index < -0.39 is 0 Å². The summed E-state index contributed by atoms with van der Waals surface area (Å²) in [5.74, 6) is 0.177. The number of rotatable bonds is 17. The van der Waals surface area contributed by atoms with Crippen molar-refractivity contribution in [3.63, 3.8) is 0 Å². The van der Waals surface area contributed by atoms with Crippen LogP contribution in [0.5, 0.6) is 0 Å². The summed E-state index contributed by atoms with van der Waals surface area (Å²) in [6.45, 7) is 5.24. The maximum Gasteiger partial charge on any atom is 0.220 e. The second-order valence-corrected chi connectivity index (χ2v) is 6.62. The fraction of sp³-hybridized carbons (Fsp3) is 0.850. The van der Waals surface area contributed by atoms with Crippen molar-refractivity contribution < 1.29 is 9.90 Å². The molecule has 2 N–H and O–H groups in total. The van der Waals surface area contributed by atoms with Gasteiger partial charge in [-0.15, -0.1) is 0 Å². The lowest BCUT2D eigenvalue weighted by atomic mass is 10.1. The second-order valence-electron chi connectivity index (χ2n) is 6.62. The van der Waals surface area contributed by atoms with Gasteiger partial charge in [-0.3, -0.25) is 4.79 Å². The maximum atomic E-state index is 11.7. The Labute approximate surface area is 149 Å². The lowest BCUT2D eigenvalue weighted by molar-refractivity contribution is -0.121. The first-order valence-corrected chi connectivity index (χ1v) is 9.91. The first-order valence-electron chi connectivity index (χ1n) is 9.91. The second kappa shape index (κ2) is 18.5. The lowest BCUT2D eigenvalue weighted by Gasteiger charge is -2.16. The summed E-state index contributed by atoms with van der Waals surface area (Å²) in [7, 11) is 2.13. The zero-order valence-corrected chi connectivity index (χ0v) is 16.1. The number of unbranched alkanes of at least 4 members (excludes halogenated alkanes) is 7. The SMILES string of the molecule is CC/C=C/CCCC(=O)NCCN(C)CCCCCCCCCO. The molecule has 0 atom stereocenters. The van der Waals surface area contributed by atoms with Crippen LogP contribution in [0.1, 0.15) is 77.6 Å². The van der Waals surface area contributed by atoms with Gasteiger partial charge in [-0.05, 0) is 45.7 Å². The monoisotopic (exact) mass is 340 g/mol. The molecule has 0 aromatic heterocycles. The predicted molar refractivity (Wildman–Crippen MR) is 103 cm³/mol. The summed E-state index contributed by atoms with van der Waals surface area (Å²) in [6, 6.07) is 0. The highest BCUT2D eigenvalue weighted by atomic mass is 16.2. The molecule has 0 aliphatic carbocycles. The van der Waals surface area contributed by atoms with Crippen molar-refractivity contribution in [2.75, 3.05) is 33.3 Å². The van der Waals surface area contributed by atoms with Crippen molar-refractivity contribution in [3.05, 3.63) is 12.2 Å². The number of aliphatic hydroxyl groups excluding tert-OH is 1. The maximum absolute atomic E-state index is 11.7. The zero-order valence-electron chi connectivity index (χ0n) is 16.1. The molecule has 0 unspecified atom stereocenters. The summed E-state index contributed by atoms with van der Waals surface area (Å²) < 4.78 is 0. The molecule has 0 saturated carbocycles. The number of hydrogen-bond donors (Lipinski definition) is 2. The minimum Gasteiger partial charge on any atom is -0.396 e. The van der Waals surface area contributed by atoms with Crippen LogP contribution in [0.4, 0.5) is 0 Å². The highest BCUT2D eigenvalue weighted by Gasteiger charge is 2.02. The van der Waals surface area contributed by atoms with Gasteiger partial charge in [0.1, 0.15) is 0 Å². The molecule has 0 spiro atoms. The summed E-state index contributed by atoms with van der Waals surface area (Å²) in [5.41, 5.74) is 0. The van der Waals surface area contributed by atoms with E-state index in [1.54, 1.807) is 0 Å². The molecular weight excluding hydrogens is 300 g/mol. The van der Waals surface area contributed by atoms with Crippen molar-refractivity contribution in [1.29, 1.82) is 0 Å². The van der Waals surface area contributed by atoms with Crippen LogP contribution < -0.4 is 5.32 Å². The molecule has 0 fully saturated rings. The van der Waals surface area contributed by atoms with Gasteiger partial charge in [-0.1, -0.05) is 51.2 Å². The topological polar surface area (TPSA) is 52.6 Å². The molecule has 142 valence electrons. The number of amides is 1. The Morgan fingerprint density at radius 2 is 1.62 bits per heavy atom. The Kier molecular flexibility index (Phi) is 17.8. The number of carbonyl (C=O) groups excluding carboxylic acids is 1. The largest absolute Gasteiger partial charge is 0.396 e. The number of allylic oxidation sites excluding steroid dienone is 2. The van der Waals surface area contributed by atoms with Crippen LogP contribution in [0.15, 0.2) is 12.2 Å². The Hall–Kier alpha value is -0.870. The number of nitrogens with one attached hydrogen (secondary N) is 1. The molecule has 0 aliphatic heterocycles. The van der Waals surface area contributed by atoms with Gasteiger partial charge in [0.2, 0.25) is 5.91 Å². The minimum absolute atomic E-state index is 0.177.